The van der Waals surface area contributed by atoms with Crippen LogP contribution < -0.4 is 10.2 Å². The molecule has 2 aliphatic heterocycles. The van der Waals surface area contributed by atoms with Gasteiger partial charge in [-0.3, -0.25) is 9.59 Å². The maximum Gasteiger partial charge on any atom is 0.243 e. The van der Waals surface area contributed by atoms with E-state index in [1.54, 1.807) is 40.8 Å². The molecule has 4 rings (SSSR count). The molecule has 2 saturated heterocycles. The number of carbonyl (C=O) groups excluding carboxylic acids is 2. The minimum atomic E-state index is -3.54. The van der Waals surface area contributed by atoms with Crippen LogP contribution in [-0.4, -0.2) is 49.2 Å². The Bertz CT molecular complexity index is 1090. The quantitative estimate of drug-likeness (QED) is 0.746. The number of hydrogen-bond donors (Lipinski definition) is 1. The molecule has 2 fully saturated rings. The molecule has 8 nitrogen and oxygen atoms in total. The van der Waals surface area contributed by atoms with Crippen LogP contribution >= 0.6 is 0 Å². The summed E-state index contributed by atoms with van der Waals surface area (Å²) < 4.78 is 27.5. The van der Waals surface area contributed by atoms with Gasteiger partial charge in [-0.05, 0) is 55.7 Å². The van der Waals surface area contributed by atoms with Crippen molar-refractivity contribution in [3.05, 3.63) is 48.2 Å². The Balaban J connectivity index is 1.44. The molecule has 2 aromatic rings. The molecule has 3 heterocycles. The molecule has 9 heteroatoms. The van der Waals surface area contributed by atoms with E-state index in [-0.39, 0.29) is 29.7 Å². The summed E-state index contributed by atoms with van der Waals surface area (Å²) in [5, 5.41) is 2.80. The van der Waals surface area contributed by atoms with Crippen molar-refractivity contribution in [3.63, 3.8) is 0 Å². The van der Waals surface area contributed by atoms with E-state index in [1.807, 2.05) is 13.0 Å². The van der Waals surface area contributed by atoms with E-state index in [0.29, 0.717) is 24.6 Å². The minimum Gasteiger partial charge on any atom is -0.312 e. The molecule has 0 bridgehead atoms. The van der Waals surface area contributed by atoms with E-state index >= 15 is 0 Å². The van der Waals surface area contributed by atoms with Crippen molar-refractivity contribution in [1.82, 2.24) is 9.29 Å². The van der Waals surface area contributed by atoms with Crippen LogP contribution in [0.1, 0.15) is 37.7 Å². The summed E-state index contributed by atoms with van der Waals surface area (Å²) in [5.41, 5.74) is 1.44. The zero-order valence-electron chi connectivity index (χ0n) is 18.2. The van der Waals surface area contributed by atoms with Crippen molar-refractivity contribution in [3.8, 4) is 0 Å². The molecule has 1 aromatic carbocycles. The van der Waals surface area contributed by atoms with Crippen LogP contribution in [0.2, 0.25) is 0 Å². The van der Waals surface area contributed by atoms with Gasteiger partial charge in [0.25, 0.3) is 0 Å². The number of anilines is 2. The van der Waals surface area contributed by atoms with Crippen LogP contribution in [0.3, 0.4) is 0 Å². The van der Waals surface area contributed by atoms with Gasteiger partial charge in [0.1, 0.15) is 5.82 Å². The predicted molar refractivity (Wildman–Crippen MR) is 122 cm³/mol. The lowest BCUT2D eigenvalue weighted by Crippen LogP contribution is -2.32. The molecule has 0 aliphatic carbocycles. The minimum absolute atomic E-state index is 0.103. The fourth-order valence-corrected chi connectivity index (χ4v) is 5.71. The maximum atomic E-state index is 13.0. The molecule has 2 amide bonds. The van der Waals surface area contributed by atoms with Crippen LogP contribution in [-0.2, 0) is 19.6 Å². The normalized spacial score (nSPS) is 20.2. The monoisotopic (exact) mass is 456 g/mol. The Morgan fingerprint density at radius 2 is 1.75 bits per heavy atom. The van der Waals surface area contributed by atoms with E-state index in [1.165, 1.54) is 4.90 Å². The van der Waals surface area contributed by atoms with E-state index < -0.39 is 15.9 Å². The highest BCUT2D eigenvalue weighted by atomic mass is 32.2. The van der Waals surface area contributed by atoms with Gasteiger partial charge in [0.05, 0.1) is 10.8 Å². The van der Waals surface area contributed by atoms with E-state index in [4.69, 9.17) is 0 Å². The molecule has 1 atom stereocenters. The highest BCUT2D eigenvalue weighted by Gasteiger charge is 2.35. The highest BCUT2D eigenvalue weighted by Crippen LogP contribution is 2.28. The molecular weight excluding hydrogens is 428 g/mol. The molecule has 1 N–H and O–H groups in total. The fourth-order valence-electron chi connectivity index (χ4n) is 4.20. The number of nitrogens with one attached hydrogen (secondary N) is 1. The molecule has 0 spiro atoms. The second-order valence-electron chi connectivity index (χ2n) is 8.38. The number of aromatic nitrogens is 1. The van der Waals surface area contributed by atoms with E-state index in [9.17, 15) is 18.0 Å². The third-order valence-corrected chi connectivity index (χ3v) is 8.01. The smallest absolute Gasteiger partial charge is 0.243 e. The van der Waals surface area contributed by atoms with Crippen molar-refractivity contribution in [2.45, 2.75) is 43.9 Å². The number of rotatable bonds is 5. The lowest BCUT2D eigenvalue weighted by molar-refractivity contribution is -0.122. The van der Waals surface area contributed by atoms with Gasteiger partial charge < -0.3 is 10.2 Å². The Kier molecular flexibility index (Phi) is 6.57. The molecule has 0 radical (unpaired) electrons. The summed E-state index contributed by atoms with van der Waals surface area (Å²) in [5.74, 6) is -0.412. The number of benzene rings is 1. The van der Waals surface area contributed by atoms with Crippen molar-refractivity contribution in [2.75, 3.05) is 29.9 Å². The standard InChI is InChI=1S/C23H28N4O4S/c1-17-7-6-12-24-22(17)25-23(29)18-15-21(28)27(16-18)19-8-10-20(11-9-19)32(30,31)26-13-4-2-3-5-14-26/h6-12,18H,2-5,13-16H2,1H3,(H,24,25,29). The number of carbonyl (C=O) groups is 2. The number of amides is 2. The van der Waals surface area contributed by atoms with Crippen LogP contribution in [0, 0.1) is 12.8 Å². The van der Waals surface area contributed by atoms with Gasteiger partial charge in [-0.25, -0.2) is 13.4 Å². The summed E-state index contributed by atoms with van der Waals surface area (Å²) in [6, 6.07) is 10.0. The van der Waals surface area contributed by atoms with Crippen LogP contribution in [0.5, 0.6) is 0 Å². The first-order chi connectivity index (χ1) is 15.4. The molecule has 32 heavy (non-hydrogen) atoms. The number of sulfonamides is 1. The largest absolute Gasteiger partial charge is 0.312 e. The van der Waals surface area contributed by atoms with Gasteiger partial charge in [-0.15, -0.1) is 0 Å². The third kappa shape index (κ3) is 4.68. The summed E-state index contributed by atoms with van der Waals surface area (Å²) in [4.78, 5) is 31.2. The van der Waals surface area contributed by atoms with Gasteiger partial charge in [-0.1, -0.05) is 18.9 Å². The van der Waals surface area contributed by atoms with Gasteiger partial charge in [0.15, 0.2) is 0 Å². The van der Waals surface area contributed by atoms with Crippen molar-refractivity contribution < 1.29 is 18.0 Å². The Morgan fingerprint density at radius 1 is 1.06 bits per heavy atom. The van der Waals surface area contributed by atoms with Crippen LogP contribution in [0.15, 0.2) is 47.5 Å². The lowest BCUT2D eigenvalue weighted by atomic mass is 10.1. The summed E-state index contributed by atoms with van der Waals surface area (Å²) in [7, 11) is -3.54. The highest BCUT2D eigenvalue weighted by molar-refractivity contribution is 7.89. The molecule has 2 aliphatic rings. The summed E-state index contributed by atoms with van der Waals surface area (Å²) in [6.07, 6.45) is 5.57. The van der Waals surface area contributed by atoms with Crippen LogP contribution in [0.4, 0.5) is 11.5 Å². The second-order valence-corrected chi connectivity index (χ2v) is 10.3. The predicted octanol–water partition coefficient (Wildman–Crippen LogP) is 2.95. The third-order valence-electron chi connectivity index (χ3n) is 6.10. The Morgan fingerprint density at radius 3 is 2.41 bits per heavy atom. The van der Waals surface area contributed by atoms with Crippen molar-refractivity contribution >= 4 is 33.3 Å². The average Bonchev–Trinajstić information content (AvgIpc) is 2.98. The maximum absolute atomic E-state index is 13.0. The number of aryl methyl sites for hydroxylation is 1. The van der Waals surface area contributed by atoms with E-state index in [0.717, 1.165) is 31.2 Å². The SMILES string of the molecule is Cc1cccnc1NC(=O)C1CC(=O)N(c2ccc(S(=O)(=O)N3CCCCCC3)cc2)C1. The number of pyridine rings is 1. The number of hydrogen-bond acceptors (Lipinski definition) is 5. The van der Waals surface area contributed by atoms with Crippen molar-refractivity contribution in [2.24, 2.45) is 5.92 Å². The molecular formula is C23H28N4O4S. The molecule has 1 aromatic heterocycles. The Hall–Kier alpha value is -2.78. The van der Waals surface area contributed by atoms with Crippen LogP contribution in [0.25, 0.3) is 0 Å². The first-order valence-electron chi connectivity index (χ1n) is 11.0. The summed E-state index contributed by atoms with van der Waals surface area (Å²) in [6.45, 7) is 3.19. The van der Waals surface area contributed by atoms with Crippen molar-refractivity contribution in [1.29, 1.82) is 0 Å². The number of nitrogens with zero attached hydrogens (tertiary/aromatic N) is 3. The van der Waals surface area contributed by atoms with Gasteiger partial charge in [0, 0.05) is 37.9 Å². The second kappa shape index (κ2) is 9.38. The first kappa shape index (κ1) is 22.4. The lowest BCUT2D eigenvalue weighted by Gasteiger charge is -2.21. The molecule has 0 saturated carbocycles. The molecule has 170 valence electrons. The Labute approximate surface area is 188 Å². The first-order valence-corrected chi connectivity index (χ1v) is 12.4. The summed E-state index contributed by atoms with van der Waals surface area (Å²) >= 11 is 0. The van der Waals surface area contributed by atoms with E-state index in [2.05, 4.69) is 10.3 Å². The zero-order valence-corrected chi connectivity index (χ0v) is 19.0. The zero-order chi connectivity index (χ0) is 22.7. The van der Waals surface area contributed by atoms with Gasteiger partial charge in [-0.2, -0.15) is 4.31 Å². The fraction of sp³-hybridized carbons (Fsp3) is 0.435. The van der Waals surface area contributed by atoms with Gasteiger partial charge >= 0.3 is 0 Å². The van der Waals surface area contributed by atoms with Gasteiger partial charge in [0.2, 0.25) is 21.8 Å². The topological polar surface area (TPSA) is 99.7 Å². The molecule has 1 unspecified atom stereocenters. The average molecular weight is 457 g/mol.